The van der Waals surface area contributed by atoms with Gasteiger partial charge < -0.3 is 5.32 Å². The first-order valence-electron chi connectivity index (χ1n) is 6.76. The van der Waals surface area contributed by atoms with Crippen molar-refractivity contribution in [1.29, 1.82) is 0 Å². The monoisotopic (exact) mass is 263 g/mol. The number of nitrogens with zero attached hydrogens (tertiary/aromatic N) is 2. The Bertz CT molecular complexity index is 586. The van der Waals surface area contributed by atoms with Gasteiger partial charge in [0.15, 0.2) is 5.65 Å². The van der Waals surface area contributed by atoms with Gasteiger partial charge in [-0.15, -0.1) is 0 Å². The Morgan fingerprint density at radius 2 is 2.11 bits per heavy atom. The first-order chi connectivity index (χ1) is 9.06. The van der Waals surface area contributed by atoms with Gasteiger partial charge in [0.2, 0.25) is 5.95 Å². The predicted molar refractivity (Wildman–Crippen MR) is 76.3 cm³/mol. The highest BCUT2D eigenvalue weighted by Crippen LogP contribution is 2.11. The van der Waals surface area contributed by atoms with Crippen molar-refractivity contribution in [2.75, 3.05) is 5.32 Å². The normalized spacial score (nSPS) is 13.1. The fourth-order valence-corrected chi connectivity index (χ4v) is 2.05. The first-order valence-corrected chi connectivity index (χ1v) is 6.76. The highest BCUT2D eigenvalue weighted by molar-refractivity contribution is 5.73. The van der Waals surface area contributed by atoms with Crippen molar-refractivity contribution in [1.82, 2.24) is 20.2 Å². The second kappa shape index (κ2) is 5.86. The lowest BCUT2D eigenvalue weighted by molar-refractivity contribution is 0.519. The van der Waals surface area contributed by atoms with E-state index >= 15 is 0 Å². The van der Waals surface area contributed by atoms with E-state index in [2.05, 4.69) is 46.3 Å². The van der Waals surface area contributed by atoms with E-state index < -0.39 is 0 Å². The van der Waals surface area contributed by atoms with E-state index in [-0.39, 0.29) is 11.6 Å². The average Bonchev–Trinajstić information content (AvgIpc) is 2.76. The molecule has 1 unspecified atom stereocenters. The van der Waals surface area contributed by atoms with Gasteiger partial charge in [0.25, 0.3) is 5.56 Å². The van der Waals surface area contributed by atoms with Gasteiger partial charge in [-0.2, -0.15) is 10.1 Å². The number of hydrogen-bond acceptors (Lipinski definition) is 4. The highest BCUT2D eigenvalue weighted by Gasteiger charge is 2.08. The topological polar surface area (TPSA) is 86.5 Å². The lowest BCUT2D eigenvalue weighted by Gasteiger charge is -2.14. The Labute approximate surface area is 112 Å². The van der Waals surface area contributed by atoms with E-state index in [1.165, 1.54) is 19.0 Å². The summed E-state index contributed by atoms with van der Waals surface area (Å²) in [7, 11) is 0. The van der Waals surface area contributed by atoms with E-state index in [1.807, 2.05) is 0 Å². The van der Waals surface area contributed by atoms with Gasteiger partial charge in [0.05, 0.1) is 6.20 Å². The van der Waals surface area contributed by atoms with Gasteiger partial charge in [-0.25, -0.2) is 0 Å². The summed E-state index contributed by atoms with van der Waals surface area (Å²) >= 11 is 0. The minimum absolute atomic E-state index is 0.171. The van der Waals surface area contributed by atoms with E-state index in [4.69, 9.17) is 0 Å². The molecule has 2 rings (SSSR count). The molecule has 0 aliphatic rings. The van der Waals surface area contributed by atoms with Crippen LogP contribution in [0.4, 0.5) is 5.95 Å². The van der Waals surface area contributed by atoms with E-state index in [1.54, 1.807) is 0 Å². The minimum Gasteiger partial charge on any atom is -0.353 e. The summed E-state index contributed by atoms with van der Waals surface area (Å²) < 4.78 is 0. The molecule has 2 aromatic heterocycles. The van der Waals surface area contributed by atoms with Crippen LogP contribution in [-0.4, -0.2) is 26.2 Å². The molecule has 0 radical (unpaired) electrons. The third kappa shape index (κ3) is 3.56. The zero-order chi connectivity index (χ0) is 13.8. The molecule has 104 valence electrons. The smallest absolute Gasteiger partial charge is 0.263 e. The second-order valence-corrected chi connectivity index (χ2v) is 5.42. The molecule has 0 saturated carbocycles. The van der Waals surface area contributed by atoms with Gasteiger partial charge >= 0.3 is 0 Å². The SMILES string of the molecule is CC(C)CCCC(C)Nc1nc2[nH]ncc2c(=O)[nH]1. The van der Waals surface area contributed by atoms with Gasteiger partial charge in [0.1, 0.15) is 5.39 Å². The molecule has 0 aromatic carbocycles. The van der Waals surface area contributed by atoms with Crippen molar-refractivity contribution >= 4 is 17.0 Å². The standard InChI is InChI=1S/C13H21N5O/c1-8(2)5-4-6-9(3)15-13-16-11-10(7-14-18-11)12(19)17-13/h7-9H,4-6H2,1-3H3,(H3,14,15,16,17,18,19). The molecule has 0 fully saturated rings. The summed E-state index contributed by atoms with van der Waals surface area (Å²) in [5.41, 5.74) is 0.344. The quantitative estimate of drug-likeness (QED) is 0.746. The van der Waals surface area contributed by atoms with Gasteiger partial charge in [-0.05, 0) is 19.3 Å². The van der Waals surface area contributed by atoms with Crippen molar-refractivity contribution in [3.63, 3.8) is 0 Å². The van der Waals surface area contributed by atoms with Crippen molar-refractivity contribution < 1.29 is 0 Å². The summed E-state index contributed by atoms with van der Waals surface area (Å²) in [4.78, 5) is 18.8. The number of rotatable bonds is 6. The molecule has 0 aliphatic heterocycles. The third-order valence-electron chi connectivity index (χ3n) is 3.12. The lowest BCUT2D eigenvalue weighted by Crippen LogP contribution is -2.20. The third-order valence-corrected chi connectivity index (χ3v) is 3.12. The summed E-state index contributed by atoms with van der Waals surface area (Å²) in [5, 5.41) is 10.2. The number of nitrogens with one attached hydrogen (secondary N) is 3. The van der Waals surface area contributed by atoms with Crippen molar-refractivity contribution in [3.05, 3.63) is 16.6 Å². The average molecular weight is 263 g/mol. The summed E-state index contributed by atoms with van der Waals surface area (Å²) in [5.74, 6) is 1.23. The van der Waals surface area contributed by atoms with Crippen molar-refractivity contribution in [2.24, 2.45) is 5.92 Å². The molecule has 3 N–H and O–H groups in total. The van der Waals surface area contributed by atoms with Crippen LogP contribution in [0.3, 0.4) is 0 Å². The lowest BCUT2D eigenvalue weighted by atomic mass is 10.0. The Balaban J connectivity index is 1.98. The number of aromatic nitrogens is 4. The Morgan fingerprint density at radius 3 is 2.84 bits per heavy atom. The molecule has 2 heterocycles. The fraction of sp³-hybridized carbons (Fsp3) is 0.615. The maximum absolute atomic E-state index is 11.7. The zero-order valence-electron chi connectivity index (χ0n) is 11.7. The van der Waals surface area contributed by atoms with E-state index in [9.17, 15) is 4.79 Å². The Morgan fingerprint density at radius 1 is 1.32 bits per heavy atom. The molecule has 0 saturated heterocycles. The molecule has 0 aliphatic carbocycles. The molecule has 6 nitrogen and oxygen atoms in total. The predicted octanol–water partition coefficient (Wildman–Crippen LogP) is 2.27. The molecule has 0 spiro atoms. The largest absolute Gasteiger partial charge is 0.353 e. The minimum atomic E-state index is -0.171. The summed E-state index contributed by atoms with van der Waals surface area (Å²) in [6.45, 7) is 6.55. The maximum Gasteiger partial charge on any atom is 0.263 e. The summed E-state index contributed by atoms with van der Waals surface area (Å²) in [6, 6.07) is 0.280. The van der Waals surface area contributed by atoms with Gasteiger partial charge in [-0.1, -0.05) is 26.7 Å². The molecular formula is C13H21N5O. The van der Waals surface area contributed by atoms with E-state index in [0.717, 1.165) is 12.3 Å². The number of hydrogen-bond donors (Lipinski definition) is 3. The number of anilines is 1. The van der Waals surface area contributed by atoms with Crippen molar-refractivity contribution in [3.8, 4) is 0 Å². The van der Waals surface area contributed by atoms with Crippen LogP contribution in [0.1, 0.15) is 40.0 Å². The van der Waals surface area contributed by atoms with Crippen LogP contribution in [-0.2, 0) is 0 Å². The van der Waals surface area contributed by atoms with Gasteiger partial charge in [0, 0.05) is 6.04 Å². The van der Waals surface area contributed by atoms with E-state index in [0.29, 0.717) is 17.0 Å². The molecule has 1 atom stereocenters. The van der Waals surface area contributed by atoms with Crippen LogP contribution in [0.5, 0.6) is 0 Å². The molecule has 2 aromatic rings. The van der Waals surface area contributed by atoms with Gasteiger partial charge in [-0.3, -0.25) is 14.9 Å². The number of fused-ring (bicyclic) bond motifs is 1. The fourth-order valence-electron chi connectivity index (χ4n) is 2.05. The summed E-state index contributed by atoms with van der Waals surface area (Å²) in [6.07, 6.45) is 4.93. The first kappa shape index (κ1) is 13.6. The van der Waals surface area contributed by atoms with Crippen molar-refractivity contribution in [2.45, 2.75) is 46.1 Å². The van der Waals surface area contributed by atoms with Crippen LogP contribution in [0.2, 0.25) is 0 Å². The van der Waals surface area contributed by atoms with Crippen LogP contribution < -0.4 is 10.9 Å². The highest BCUT2D eigenvalue weighted by atomic mass is 16.1. The Kier molecular flexibility index (Phi) is 4.19. The molecule has 6 heteroatoms. The molecular weight excluding hydrogens is 242 g/mol. The number of aromatic amines is 2. The molecule has 0 amide bonds. The zero-order valence-corrected chi connectivity index (χ0v) is 11.7. The van der Waals surface area contributed by atoms with Crippen LogP contribution in [0.25, 0.3) is 11.0 Å². The number of H-pyrrole nitrogens is 2. The molecule has 19 heavy (non-hydrogen) atoms. The Hall–Kier alpha value is -1.85. The van der Waals surface area contributed by atoms with Crippen LogP contribution >= 0.6 is 0 Å². The second-order valence-electron chi connectivity index (χ2n) is 5.42. The molecule has 0 bridgehead atoms. The van der Waals surface area contributed by atoms with Crippen LogP contribution in [0.15, 0.2) is 11.0 Å². The maximum atomic E-state index is 11.7. The van der Waals surface area contributed by atoms with Crippen LogP contribution in [0, 0.1) is 5.92 Å².